The van der Waals surface area contributed by atoms with E-state index in [9.17, 15) is 4.79 Å². The molecule has 7 heteroatoms. The average Bonchev–Trinajstić information content (AvgIpc) is 3.56. The number of fused-ring (bicyclic) bond motifs is 1. The van der Waals surface area contributed by atoms with Crippen molar-refractivity contribution in [2.75, 3.05) is 13.7 Å². The van der Waals surface area contributed by atoms with Gasteiger partial charge in [0.25, 0.3) is 0 Å². The highest BCUT2D eigenvalue weighted by atomic mass is 16.5. The molecule has 3 aromatic carbocycles. The Morgan fingerprint density at radius 2 is 1.83 bits per heavy atom. The van der Waals surface area contributed by atoms with E-state index in [-0.39, 0.29) is 11.8 Å². The Morgan fingerprint density at radius 3 is 2.64 bits per heavy atom. The van der Waals surface area contributed by atoms with Gasteiger partial charge < -0.3 is 15.0 Å². The Morgan fingerprint density at radius 1 is 1.06 bits per heavy atom. The summed E-state index contributed by atoms with van der Waals surface area (Å²) in [6.45, 7) is 1.07. The maximum atomic E-state index is 12.7. The highest BCUT2D eigenvalue weighted by Gasteiger charge is 2.19. The van der Waals surface area contributed by atoms with Crippen LogP contribution in [0.3, 0.4) is 0 Å². The fourth-order valence-corrected chi connectivity index (χ4v) is 4.29. The molecule has 0 spiro atoms. The topological polar surface area (TPSA) is 84.8 Å². The van der Waals surface area contributed by atoms with Gasteiger partial charge in [-0.05, 0) is 41.0 Å². The molecule has 0 fully saturated rings. The summed E-state index contributed by atoms with van der Waals surface area (Å²) in [6, 6.07) is 26.2. The number of nitrogens with one attached hydrogen (secondary N) is 2. The molecule has 7 nitrogen and oxygen atoms in total. The van der Waals surface area contributed by atoms with Crippen LogP contribution in [0.4, 0.5) is 0 Å². The van der Waals surface area contributed by atoms with Crippen LogP contribution >= 0.6 is 0 Å². The minimum atomic E-state index is -0.189. The van der Waals surface area contributed by atoms with Crippen LogP contribution in [-0.2, 0) is 11.3 Å². The molecule has 0 saturated heterocycles. The van der Waals surface area contributed by atoms with Gasteiger partial charge in [0.1, 0.15) is 11.4 Å². The lowest BCUT2D eigenvalue weighted by molar-refractivity contribution is -0.116. The maximum absolute atomic E-state index is 12.7. The lowest BCUT2D eigenvalue weighted by Gasteiger charge is -2.18. The number of methoxy groups -OCH3 is 1. The minimum absolute atomic E-state index is 0.0313. The van der Waals surface area contributed by atoms with E-state index in [1.54, 1.807) is 17.9 Å². The van der Waals surface area contributed by atoms with Crippen molar-refractivity contribution in [2.24, 2.45) is 0 Å². The number of carbonyl (C=O) groups is 1. The van der Waals surface area contributed by atoms with E-state index in [1.165, 1.54) is 6.08 Å². The number of hydrogen-bond donors (Lipinski definition) is 2. The van der Waals surface area contributed by atoms with Gasteiger partial charge in [0.2, 0.25) is 5.91 Å². The molecule has 0 aliphatic carbocycles. The molecule has 0 radical (unpaired) electrons. The number of H-pyrrole nitrogens is 1. The normalized spacial score (nSPS) is 12.1. The molecular formula is C29H27N5O2. The van der Waals surface area contributed by atoms with Crippen LogP contribution in [0.25, 0.3) is 17.0 Å². The van der Waals surface area contributed by atoms with E-state index < -0.39 is 0 Å². The molecule has 2 aromatic heterocycles. The van der Waals surface area contributed by atoms with Crippen LogP contribution in [-0.4, -0.2) is 39.5 Å². The summed E-state index contributed by atoms with van der Waals surface area (Å²) in [6.07, 6.45) is 7.02. The fourth-order valence-electron chi connectivity index (χ4n) is 4.29. The first-order valence-corrected chi connectivity index (χ1v) is 11.8. The predicted molar refractivity (Wildman–Crippen MR) is 141 cm³/mol. The molecule has 1 unspecified atom stereocenters. The number of amides is 1. The Bertz CT molecular complexity index is 1470. The quantitative estimate of drug-likeness (QED) is 0.299. The van der Waals surface area contributed by atoms with Crippen molar-refractivity contribution >= 4 is 22.9 Å². The highest BCUT2D eigenvalue weighted by molar-refractivity contribution is 5.91. The van der Waals surface area contributed by atoms with Gasteiger partial charge in [-0.1, -0.05) is 65.9 Å². The van der Waals surface area contributed by atoms with Gasteiger partial charge in [-0.25, -0.2) is 4.68 Å². The number of aromatic amines is 1. The van der Waals surface area contributed by atoms with Crippen molar-refractivity contribution in [1.29, 1.82) is 0 Å². The number of nitrogens with zero attached hydrogens (tertiary/aromatic N) is 3. The van der Waals surface area contributed by atoms with E-state index in [4.69, 9.17) is 4.74 Å². The summed E-state index contributed by atoms with van der Waals surface area (Å²) in [5, 5.41) is 12.5. The van der Waals surface area contributed by atoms with Gasteiger partial charge in [0.15, 0.2) is 0 Å². The largest absolute Gasteiger partial charge is 0.497 e. The number of aromatic nitrogens is 4. The number of benzene rings is 3. The zero-order valence-electron chi connectivity index (χ0n) is 20.0. The van der Waals surface area contributed by atoms with Crippen molar-refractivity contribution < 1.29 is 9.53 Å². The van der Waals surface area contributed by atoms with E-state index >= 15 is 0 Å². The van der Waals surface area contributed by atoms with Crippen molar-refractivity contribution in [3.05, 3.63) is 120 Å². The van der Waals surface area contributed by atoms with E-state index in [0.29, 0.717) is 18.8 Å². The van der Waals surface area contributed by atoms with Crippen molar-refractivity contribution in [3.63, 3.8) is 0 Å². The molecule has 0 aliphatic rings. The van der Waals surface area contributed by atoms with Gasteiger partial charge in [0.05, 0.1) is 19.9 Å². The zero-order valence-corrected chi connectivity index (χ0v) is 20.0. The van der Waals surface area contributed by atoms with Crippen LogP contribution in [0, 0.1) is 0 Å². The molecule has 0 bridgehead atoms. The molecule has 5 rings (SSSR count). The van der Waals surface area contributed by atoms with Gasteiger partial charge in [-0.2, -0.15) is 0 Å². The number of para-hydroxylation sites is 1. The van der Waals surface area contributed by atoms with Crippen LogP contribution in [0.1, 0.15) is 28.3 Å². The molecule has 36 heavy (non-hydrogen) atoms. The third-order valence-corrected chi connectivity index (χ3v) is 6.14. The third kappa shape index (κ3) is 5.36. The fraction of sp³-hybridized carbons (Fsp3) is 0.138. The summed E-state index contributed by atoms with van der Waals surface area (Å²) in [5.41, 5.74) is 5.05. The Hall–Kier alpha value is -4.65. The number of rotatable bonds is 9. The molecule has 0 aliphatic heterocycles. The molecule has 2 N–H and O–H groups in total. The highest BCUT2D eigenvalue weighted by Crippen LogP contribution is 2.31. The first kappa shape index (κ1) is 23.1. The number of carbonyl (C=O) groups excluding carboxylic acids is 1. The Balaban J connectivity index is 1.28. The molecule has 5 aromatic rings. The molecule has 1 atom stereocenters. The Labute approximate surface area is 209 Å². The summed E-state index contributed by atoms with van der Waals surface area (Å²) in [5.74, 6) is 0.575. The third-order valence-electron chi connectivity index (χ3n) is 6.14. The van der Waals surface area contributed by atoms with Crippen molar-refractivity contribution in [1.82, 2.24) is 25.3 Å². The zero-order chi connectivity index (χ0) is 24.7. The lowest BCUT2D eigenvalue weighted by atomic mass is 9.90. The van der Waals surface area contributed by atoms with Gasteiger partial charge in [0, 0.05) is 35.6 Å². The van der Waals surface area contributed by atoms with Crippen LogP contribution < -0.4 is 10.1 Å². The SMILES string of the molecule is COc1ccc(C(CNC(=O)/C=C/c2cn(Cc3ccccc3)nn2)c2c[nH]c3ccccc23)cc1. The first-order valence-electron chi connectivity index (χ1n) is 11.8. The van der Waals surface area contributed by atoms with Crippen molar-refractivity contribution in [2.45, 2.75) is 12.5 Å². The van der Waals surface area contributed by atoms with Crippen LogP contribution in [0.5, 0.6) is 5.75 Å². The van der Waals surface area contributed by atoms with Crippen LogP contribution in [0.15, 0.2) is 97.3 Å². The summed E-state index contributed by atoms with van der Waals surface area (Å²) in [4.78, 5) is 16.0. The van der Waals surface area contributed by atoms with Crippen molar-refractivity contribution in [3.8, 4) is 5.75 Å². The van der Waals surface area contributed by atoms with E-state index in [2.05, 4.69) is 32.7 Å². The second-order valence-electron chi connectivity index (χ2n) is 8.52. The second-order valence-corrected chi connectivity index (χ2v) is 8.52. The summed E-state index contributed by atoms with van der Waals surface area (Å²) in [7, 11) is 1.65. The summed E-state index contributed by atoms with van der Waals surface area (Å²) >= 11 is 0. The summed E-state index contributed by atoms with van der Waals surface area (Å²) < 4.78 is 7.07. The average molecular weight is 478 g/mol. The smallest absolute Gasteiger partial charge is 0.244 e. The van der Waals surface area contributed by atoms with E-state index in [1.807, 2.05) is 79.1 Å². The van der Waals surface area contributed by atoms with Gasteiger partial charge in [-0.15, -0.1) is 5.10 Å². The monoisotopic (exact) mass is 477 g/mol. The Kier molecular flexibility index (Phi) is 6.89. The standard InChI is InChI=1S/C29H27N5O2/c1-36-24-14-11-22(12-15-24)26(27-18-30-28-10-6-5-9-25(27)28)17-31-29(35)16-13-23-20-34(33-32-23)19-21-7-3-2-4-8-21/h2-16,18,20,26,30H,17,19H2,1H3,(H,31,35)/b16-13+. The molecule has 0 saturated carbocycles. The molecule has 1 amide bonds. The van der Waals surface area contributed by atoms with Gasteiger partial charge >= 0.3 is 0 Å². The van der Waals surface area contributed by atoms with Gasteiger partial charge in [-0.3, -0.25) is 4.79 Å². The maximum Gasteiger partial charge on any atom is 0.244 e. The minimum Gasteiger partial charge on any atom is -0.497 e. The van der Waals surface area contributed by atoms with E-state index in [0.717, 1.165) is 33.3 Å². The molecular weight excluding hydrogens is 450 g/mol. The lowest BCUT2D eigenvalue weighted by Crippen LogP contribution is -2.27. The first-order chi connectivity index (χ1) is 17.7. The second kappa shape index (κ2) is 10.7. The molecule has 2 heterocycles. The predicted octanol–water partition coefficient (Wildman–Crippen LogP) is 4.78. The molecule has 180 valence electrons. The number of hydrogen-bond acceptors (Lipinski definition) is 4. The number of ether oxygens (including phenoxy) is 1. The van der Waals surface area contributed by atoms with Crippen LogP contribution in [0.2, 0.25) is 0 Å².